The number of hydrogen-bond donors (Lipinski definition) is 2. The molecular formula is C10H19NO2. The molecule has 13 heavy (non-hydrogen) atoms. The average molecular weight is 185 g/mol. The molecule has 2 N–H and O–H groups in total. The lowest BCUT2D eigenvalue weighted by molar-refractivity contribution is -0.0673. The van der Waals surface area contributed by atoms with Gasteiger partial charge in [0.2, 0.25) is 0 Å². The second kappa shape index (κ2) is 3.56. The fourth-order valence-electron chi connectivity index (χ4n) is 2.24. The molecule has 0 aromatic rings. The predicted octanol–water partition coefficient (Wildman–Crippen LogP) is 0.358. The van der Waals surface area contributed by atoms with Gasteiger partial charge < -0.3 is 15.1 Å². The Morgan fingerprint density at radius 2 is 1.85 bits per heavy atom. The Balaban J connectivity index is 1.76. The Morgan fingerprint density at radius 3 is 2.31 bits per heavy atom. The van der Waals surface area contributed by atoms with Gasteiger partial charge in [-0.3, -0.25) is 0 Å². The van der Waals surface area contributed by atoms with Gasteiger partial charge in [-0.2, -0.15) is 0 Å². The monoisotopic (exact) mass is 185 g/mol. The fourth-order valence-corrected chi connectivity index (χ4v) is 2.24. The summed E-state index contributed by atoms with van der Waals surface area (Å²) in [5.74, 6) is 0. The minimum absolute atomic E-state index is 0.104. The average Bonchev–Trinajstić information content (AvgIpc) is 2.06. The molecule has 0 aromatic heterocycles. The summed E-state index contributed by atoms with van der Waals surface area (Å²) < 4.78 is 0. The van der Waals surface area contributed by atoms with E-state index in [-0.39, 0.29) is 11.7 Å². The minimum Gasteiger partial charge on any atom is -0.393 e. The molecule has 2 aliphatic rings. The van der Waals surface area contributed by atoms with Crippen LogP contribution in [0.5, 0.6) is 0 Å². The van der Waals surface area contributed by atoms with E-state index in [1.165, 1.54) is 6.42 Å². The molecule has 1 saturated carbocycles. The Morgan fingerprint density at radius 1 is 1.23 bits per heavy atom. The standard InChI is InChI=1S/C10H19NO2/c12-9-2-6-11(7-3-9)8-10(13)4-1-5-10/h9,12-13H,1-8H2. The van der Waals surface area contributed by atoms with Crippen LogP contribution >= 0.6 is 0 Å². The van der Waals surface area contributed by atoms with Crippen LogP contribution in [0.4, 0.5) is 0 Å². The van der Waals surface area contributed by atoms with E-state index < -0.39 is 0 Å². The Bertz CT molecular complexity index is 172. The van der Waals surface area contributed by atoms with Crippen LogP contribution in [0.3, 0.4) is 0 Å². The molecule has 0 spiro atoms. The van der Waals surface area contributed by atoms with Crippen molar-refractivity contribution in [1.29, 1.82) is 0 Å². The molecule has 0 aromatic carbocycles. The largest absolute Gasteiger partial charge is 0.393 e. The Kier molecular flexibility index (Phi) is 2.58. The maximum atomic E-state index is 9.92. The number of likely N-dealkylation sites (tertiary alicyclic amines) is 1. The smallest absolute Gasteiger partial charge is 0.0774 e. The first-order chi connectivity index (χ1) is 6.18. The second-order valence-corrected chi connectivity index (χ2v) is 4.59. The summed E-state index contributed by atoms with van der Waals surface area (Å²) >= 11 is 0. The van der Waals surface area contributed by atoms with Crippen molar-refractivity contribution in [2.75, 3.05) is 19.6 Å². The molecule has 0 unspecified atom stereocenters. The molecule has 1 aliphatic carbocycles. The molecule has 2 rings (SSSR count). The van der Waals surface area contributed by atoms with Crippen molar-refractivity contribution in [3.8, 4) is 0 Å². The van der Waals surface area contributed by atoms with E-state index in [1.54, 1.807) is 0 Å². The SMILES string of the molecule is OC1CCN(CC2(O)CCC2)CC1. The summed E-state index contributed by atoms with van der Waals surface area (Å²) in [7, 11) is 0. The van der Waals surface area contributed by atoms with E-state index in [9.17, 15) is 10.2 Å². The third-order valence-corrected chi connectivity index (χ3v) is 3.36. The van der Waals surface area contributed by atoms with Gasteiger partial charge in [0.1, 0.15) is 0 Å². The summed E-state index contributed by atoms with van der Waals surface area (Å²) in [6, 6.07) is 0. The molecular weight excluding hydrogens is 166 g/mol. The van der Waals surface area contributed by atoms with E-state index in [0.29, 0.717) is 0 Å². The molecule has 0 radical (unpaired) electrons. The lowest BCUT2D eigenvalue weighted by atomic mass is 9.79. The zero-order valence-corrected chi connectivity index (χ0v) is 8.08. The third kappa shape index (κ3) is 2.22. The van der Waals surface area contributed by atoms with Crippen molar-refractivity contribution in [3.05, 3.63) is 0 Å². The molecule has 1 saturated heterocycles. The summed E-state index contributed by atoms with van der Waals surface area (Å²) in [6.45, 7) is 2.71. The second-order valence-electron chi connectivity index (χ2n) is 4.59. The van der Waals surface area contributed by atoms with Crippen LogP contribution in [0.15, 0.2) is 0 Å². The maximum Gasteiger partial charge on any atom is 0.0774 e. The van der Waals surface area contributed by atoms with Gasteiger partial charge in [-0.1, -0.05) is 0 Å². The molecule has 0 bridgehead atoms. The highest BCUT2D eigenvalue weighted by Gasteiger charge is 2.36. The zero-order valence-electron chi connectivity index (χ0n) is 8.08. The van der Waals surface area contributed by atoms with Crippen molar-refractivity contribution in [3.63, 3.8) is 0 Å². The molecule has 76 valence electrons. The first-order valence-electron chi connectivity index (χ1n) is 5.31. The number of aliphatic hydroxyl groups is 2. The number of nitrogens with zero attached hydrogens (tertiary/aromatic N) is 1. The van der Waals surface area contributed by atoms with Gasteiger partial charge in [0, 0.05) is 19.6 Å². The van der Waals surface area contributed by atoms with Crippen LogP contribution in [-0.4, -0.2) is 46.5 Å². The first-order valence-corrected chi connectivity index (χ1v) is 5.31. The summed E-state index contributed by atoms with van der Waals surface area (Å²) in [6.07, 6.45) is 4.74. The molecule has 0 atom stereocenters. The highest BCUT2D eigenvalue weighted by molar-refractivity contribution is 4.91. The summed E-state index contributed by atoms with van der Waals surface area (Å²) in [5, 5.41) is 19.2. The van der Waals surface area contributed by atoms with Crippen LogP contribution in [0.2, 0.25) is 0 Å². The number of hydrogen-bond acceptors (Lipinski definition) is 3. The van der Waals surface area contributed by atoms with Gasteiger partial charge in [0.05, 0.1) is 11.7 Å². The molecule has 3 nitrogen and oxygen atoms in total. The fraction of sp³-hybridized carbons (Fsp3) is 1.00. The van der Waals surface area contributed by atoms with Crippen molar-refractivity contribution < 1.29 is 10.2 Å². The van der Waals surface area contributed by atoms with Gasteiger partial charge in [-0.25, -0.2) is 0 Å². The lowest BCUT2D eigenvalue weighted by Crippen LogP contribution is -2.50. The predicted molar refractivity (Wildman–Crippen MR) is 50.5 cm³/mol. The number of β-amino-alcohol motifs (C(OH)–C–C–N with tert-alkyl or cyclic N) is 1. The highest BCUT2D eigenvalue weighted by Crippen LogP contribution is 2.32. The Hall–Kier alpha value is -0.120. The molecule has 2 fully saturated rings. The number of piperidine rings is 1. The van der Waals surface area contributed by atoms with Crippen molar-refractivity contribution in [2.24, 2.45) is 0 Å². The normalized spacial score (nSPS) is 30.0. The van der Waals surface area contributed by atoms with E-state index >= 15 is 0 Å². The van der Waals surface area contributed by atoms with E-state index in [2.05, 4.69) is 4.90 Å². The Labute approximate surface area is 79.4 Å². The van der Waals surface area contributed by atoms with Gasteiger partial charge in [-0.05, 0) is 32.1 Å². The van der Waals surface area contributed by atoms with Crippen LogP contribution < -0.4 is 0 Å². The molecule has 1 aliphatic heterocycles. The van der Waals surface area contributed by atoms with Crippen LogP contribution in [0.1, 0.15) is 32.1 Å². The zero-order chi connectivity index (χ0) is 9.31. The van der Waals surface area contributed by atoms with Crippen molar-refractivity contribution >= 4 is 0 Å². The van der Waals surface area contributed by atoms with Crippen LogP contribution in [0, 0.1) is 0 Å². The topological polar surface area (TPSA) is 43.7 Å². The van der Waals surface area contributed by atoms with Crippen molar-refractivity contribution in [1.82, 2.24) is 4.90 Å². The summed E-state index contributed by atoms with van der Waals surface area (Å²) in [5.41, 5.74) is -0.387. The number of rotatable bonds is 2. The van der Waals surface area contributed by atoms with Crippen molar-refractivity contribution in [2.45, 2.75) is 43.8 Å². The third-order valence-electron chi connectivity index (χ3n) is 3.36. The van der Waals surface area contributed by atoms with Gasteiger partial charge in [-0.15, -0.1) is 0 Å². The molecule has 1 heterocycles. The minimum atomic E-state index is -0.387. The van der Waals surface area contributed by atoms with Gasteiger partial charge >= 0.3 is 0 Å². The highest BCUT2D eigenvalue weighted by atomic mass is 16.3. The lowest BCUT2D eigenvalue weighted by Gasteiger charge is -2.42. The first kappa shape index (κ1) is 9.44. The maximum absolute atomic E-state index is 9.92. The van der Waals surface area contributed by atoms with E-state index in [1.807, 2.05) is 0 Å². The quantitative estimate of drug-likeness (QED) is 0.653. The summed E-state index contributed by atoms with van der Waals surface area (Å²) in [4.78, 5) is 2.28. The number of aliphatic hydroxyl groups excluding tert-OH is 1. The van der Waals surface area contributed by atoms with E-state index in [0.717, 1.165) is 45.3 Å². The molecule has 0 amide bonds. The van der Waals surface area contributed by atoms with Gasteiger partial charge in [0.15, 0.2) is 0 Å². The van der Waals surface area contributed by atoms with Gasteiger partial charge in [0.25, 0.3) is 0 Å². The van der Waals surface area contributed by atoms with Crippen LogP contribution in [0.25, 0.3) is 0 Å². The molecule has 3 heteroatoms. The van der Waals surface area contributed by atoms with Crippen LogP contribution in [-0.2, 0) is 0 Å². The van der Waals surface area contributed by atoms with E-state index in [4.69, 9.17) is 0 Å².